The number of aryl methyl sites for hydroxylation is 3. The standard InChI is InChI=1S/C56H45NO.C7H8/c1-6-15-52-45(31-28-38-27-26-36(2)46(33-38)47-35-42-19-10-9-17-40(42)32-37(47)3)55-51(24-14-25-53(55)58-52)57(43-30-29-39-16-7-8-18-41(39)34-43)50-23-13-22-49-54(50)44-20-11-12-21-48(44)56(49,4)5;1-7-5-3-2-4-6-7/h6-35H,1-5H3;2-6H,1H3/b15-6-,31-28?;. The fourth-order valence-corrected chi connectivity index (χ4v) is 9.84. The highest BCUT2D eigenvalue weighted by atomic mass is 16.3. The largest absolute Gasteiger partial charge is 0.456 e. The number of allylic oxidation sites excluding steroid dienone is 1. The molecule has 11 rings (SSSR count). The first-order valence-electron chi connectivity index (χ1n) is 22.7. The lowest BCUT2D eigenvalue weighted by molar-refractivity contribution is 0.603. The van der Waals surface area contributed by atoms with Gasteiger partial charge >= 0.3 is 0 Å². The van der Waals surface area contributed by atoms with Crippen molar-refractivity contribution >= 4 is 67.8 Å². The molecule has 2 heteroatoms. The van der Waals surface area contributed by atoms with Gasteiger partial charge in [-0.25, -0.2) is 0 Å². The summed E-state index contributed by atoms with van der Waals surface area (Å²) in [5.41, 5.74) is 17.8. The summed E-state index contributed by atoms with van der Waals surface area (Å²) in [4.78, 5) is 2.46. The predicted molar refractivity (Wildman–Crippen MR) is 280 cm³/mol. The van der Waals surface area contributed by atoms with Gasteiger partial charge in [0.2, 0.25) is 0 Å². The van der Waals surface area contributed by atoms with Crippen LogP contribution in [0.25, 0.3) is 73.0 Å². The van der Waals surface area contributed by atoms with Crippen molar-refractivity contribution in [1.82, 2.24) is 0 Å². The summed E-state index contributed by atoms with van der Waals surface area (Å²) in [6, 6.07) is 68.0. The number of rotatable bonds is 7. The molecule has 2 nitrogen and oxygen atoms in total. The highest BCUT2D eigenvalue weighted by Gasteiger charge is 2.38. The van der Waals surface area contributed by atoms with E-state index < -0.39 is 0 Å². The van der Waals surface area contributed by atoms with Crippen molar-refractivity contribution in [2.24, 2.45) is 0 Å². The fourth-order valence-electron chi connectivity index (χ4n) is 9.84. The van der Waals surface area contributed by atoms with Crippen LogP contribution in [0.1, 0.15) is 65.5 Å². The van der Waals surface area contributed by atoms with Crippen LogP contribution in [0, 0.1) is 20.8 Å². The van der Waals surface area contributed by atoms with E-state index in [0.717, 1.165) is 44.9 Å². The van der Waals surface area contributed by atoms with Gasteiger partial charge in [-0.2, -0.15) is 0 Å². The third-order valence-electron chi connectivity index (χ3n) is 13.2. The number of nitrogens with zero attached hydrogens (tertiary/aromatic N) is 1. The van der Waals surface area contributed by atoms with Crippen molar-refractivity contribution in [3.63, 3.8) is 0 Å². The first-order chi connectivity index (χ1) is 31.7. The van der Waals surface area contributed by atoms with Gasteiger partial charge in [0.05, 0.1) is 16.8 Å². The minimum atomic E-state index is -0.135. The number of furan rings is 1. The Balaban J connectivity index is 0.000000652. The number of hydrogen-bond acceptors (Lipinski definition) is 2. The zero-order valence-corrected chi connectivity index (χ0v) is 38.1. The molecule has 0 aliphatic heterocycles. The van der Waals surface area contributed by atoms with E-state index >= 15 is 0 Å². The molecule has 0 saturated carbocycles. The second kappa shape index (κ2) is 17.1. The van der Waals surface area contributed by atoms with Crippen molar-refractivity contribution in [3.05, 3.63) is 239 Å². The summed E-state index contributed by atoms with van der Waals surface area (Å²) in [5.74, 6) is 0.835. The van der Waals surface area contributed by atoms with Crippen LogP contribution in [-0.4, -0.2) is 0 Å². The first kappa shape index (κ1) is 41.3. The average Bonchev–Trinajstić information content (AvgIpc) is 3.80. The van der Waals surface area contributed by atoms with Gasteiger partial charge in [-0.3, -0.25) is 0 Å². The molecule has 1 heterocycles. The Kier molecular flexibility index (Phi) is 10.9. The Bertz CT molecular complexity index is 3450. The van der Waals surface area contributed by atoms with Gasteiger partial charge in [0, 0.05) is 22.2 Å². The van der Waals surface area contributed by atoms with Gasteiger partial charge in [0.15, 0.2) is 0 Å². The maximum Gasteiger partial charge on any atom is 0.137 e. The molecule has 0 bridgehead atoms. The maximum absolute atomic E-state index is 6.75. The smallest absolute Gasteiger partial charge is 0.137 e. The molecule has 0 spiro atoms. The van der Waals surface area contributed by atoms with Crippen molar-refractivity contribution < 1.29 is 4.42 Å². The van der Waals surface area contributed by atoms with Crippen LogP contribution < -0.4 is 4.90 Å². The summed E-state index contributed by atoms with van der Waals surface area (Å²) < 4.78 is 6.75. The molecular formula is C63H53NO. The predicted octanol–water partition coefficient (Wildman–Crippen LogP) is 18.0. The Morgan fingerprint density at radius 1 is 0.477 bits per heavy atom. The summed E-state index contributed by atoms with van der Waals surface area (Å²) >= 11 is 0. The number of hydrogen-bond donors (Lipinski definition) is 0. The molecular weight excluding hydrogens is 787 g/mol. The molecule has 10 aromatic rings. The number of benzene rings is 9. The van der Waals surface area contributed by atoms with Gasteiger partial charge in [-0.1, -0.05) is 177 Å². The van der Waals surface area contributed by atoms with Crippen LogP contribution >= 0.6 is 0 Å². The van der Waals surface area contributed by atoms with Gasteiger partial charge in [0.1, 0.15) is 11.3 Å². The zero-order valence-electron chi connectivity index (χ0n) is 38.1. The Morgan fingerprint density at radius 2 is 1.12 bits per heavy atom. The van der Waals surface area contributed by atoms with E-state index in [1.54, 1.807) is 0 Å². The molecule has 1 aliphatic rings. The lowest BCUT2D eigenvalue weighted by Crippen LogP contribution is -2.16. The van der Waals surface area contributed by atoms with Crippen molar-refractivity contribution in [2.45, 2.75) is 47.0 Å². The number of fused-ring (bicyclic) bond motifs is 6. The van der Waals surface area contributed by atoms with E-state index in [4.69, 9.17) is 4.42 Å². The lowest BCUT2D eigenvalue weighted by Gasteiger charge is -2.29. The number of anilines is 3. The molecule has 1 aliphatic carbocycles. The topological polar surface area (TPSA) is 16.4 Å². The second-order valence-corrected chi connectivity index (χ2v) is 17.8. The second-order valence-electron chi connectivity index (χ2n) is 17.8. The van der Waals surface area contributed by atoms with Crippen LogP contribution in [0.5, 0.6) is 0 Å². The van der Waals surface area contributed by atoms with Crippen LogP contribution in [-0.2, 0) is 5.41 Å². The molecule has 0 fully saturated rings. The third kappa shape index (κ3) is 7.66. The van der Waals surface area contributed by atoms with E-state index in [-0.39, 0.29) is 5.41 Å². The van der Waals surface area contributed by atoms with Crippen molar-refractivity contribution in [2.75, 3.05) is 4.90 Å². The molecule has 9 aromatic carbocycles. The third-order valence-corrected chi connectivity index (χ3v) is 13.2. The highest BCUT2D eigenvalue weighted by Crippen LogP contribution is 2.55. The molecule has 1 aromatic heterocycles. The van der Waals surface area contributed by atoms with Crippen LogP contribution in [0.2, 0.25) is 0 Å². The summed E-state index contributed by atoms with van der Waals surface area (Å²) in [5, 5.41) is 6.00. The van der Waals surface area contributed by atoms with Gasteiger partial charge in [-0.05, 0) is 148 Å². The normalized spacial score (nSPS) is 12.8. The molecule has 0 radical (unpaired) electrons. The van der Waals surface area contributed by atoms with Crippen LogP contribution in [0.3, 0.4) is 0 Å². The van der Waals surface area contributed by atoms with E-state index in [2.05, 4.69) is 234 Å². The SMILES string of the molecule is C/C=C\c1oc2cccc(N(c3ccc4ccccc4c3)c3cccc4c3-c3ccccc3C4(C)C)c2c1C=Cc1ccc(C)c(-c2cc3ccccc3cc2C)c1.Cc1ccccc1. The molecule has 0 N–H and O–H groups in total. The van der Waals surface area contributed by atoms with Crippen LogP contribution in [0.15, 0.2) is 199 Å². The average molecular weight is 840 g/mol. The van der Waals surface area contributed by atoms with Crippen molar-refractivity contribution in [3.8, 4) is 22.3 Å². The Morgan fingerprint density at radius 3 is 1.88 bits per heavy atom. The molecule has 316 valence electrons. The van der Waals surface area contributed by atoms with Gasteiger partial charge < -0.3 is 9.32 Å². The zero-order chi connectivity index (χ0) is 44.7. The van der Waals surface area contributed by atoms with E-state index in [1.165, 1.54) is 71.6 Å². The van der Waals surface area contributed by atoms with Crippen molar-refractivity contribution in [1.29, 1.82) is 0 Å². The minimum Gasteiger partial charge on any atom is -0.456 e. The quantitative estimate of drug-likeness (QED) is 0.159. The van der Waals surface area contributed by atoms with E-state index in [1.807, 2.05) is 25.1 Å². The van der Waals surface area contributed by atoms with Crippen LogP contribution in [0.4, 0.5) is 17.1 Å². The monoisotopic (exact) mass is 839 g/mol. The summed E-state index contributed by atoms with van der Waals surface area (Å²) in [6.07, 6.45) is 8.64. The van der Waals surface area contributed by atoms with E-state index in [9.17, 15) is 0 Å². The lowest BCUT2D eigenvalue weighted by atomic mass is 9.82. The summed E-state index contributed by atoms with van der Waals surface area (Å²) in [7, 11) is 0. The Labute approximate surface area is 383 Å². The molecule has 0 amide bonds. The Hall–Kier alpha value is -7.68. The highest BCUT2D eigenvalue weighted by molar-refractivity contribution is 6.07. The van der Waals surface area contributed by atoms with Gasteiger partial charge in [0.25, 0.3) is 0 Å². The fraction of sp³-hybridized carbons (Fsp3) is 0.111. The molecule has 0 atom stereocenters. The maximum atomic E-state index is 6.75. The molecule has 0 saturated heterocycles. The van der Waals surface area contributed by atoms with E-state index in [0.29, 0.717) is 0 Å². The molecule has 65 heavy (non-hydrogen) atoms. The molecule has 0 unspecified atom stereocenters. The van der Waals surface area contributed by atoms with Gasteiger partial charge in [-0.15, -0.1) is 0 Å². The summed E-state index contributed by atoms with van der Waals surface area (Å²) in [6.45, 7) is 13.3. The minimum absolute atomic E-state index is 0.135. The first-order valence-corrected chi connectivity index (χ1v) is 22.7.